The molecule has 1 fully saturated rings. The van der Waals surface area contributed by atoms with Crippen molar-refractivity contribution in [3.8, 4) is 0 Å². The Morgan fingerprint density at radius 2 is 2.21 bits per heavy atom. The van der Waals surface area contributed by atoms with Gasteiger partial charge in [-0.2, -0.15) is 0 Å². The number of carbonyl (C=O) groups is 1. The Morgan fingerprint density at radius 3 is 2.74 bits per heavy atom. The van der Waals surface area contributed by atoms with Crippen LogP contribution >= 0.6 is 0 Å². The smallest absolute Gasteiger partial charge is 0.310 e. The highest BCUT2D eigenvalue weighted by Gasteiger charge is 2.35. The van der Waals surface area contributed by atoms with Crippen molar-refractivity contribution in [2.24, 2.45) is 0 Å². The van der Waals surface area contributed by atoms with Gasteiger partial charge in [0.25, 0.3) is 0 Å². The van der Waals surface area contributed by atoms with Gasteiger partial charge in [0.2, 0.25) is 0 Å². The number of aliphatic carboxylic acids is 1. The summed E-state index contributed by atoms with van der Waals surface area (Å²) in [5.74, 6) is -1.92. The number of carboxylic acids is 1. The average Bonchev–Trinajstić information content (AvgIpc) is 2.68. The molecule has 2 atom stereocenters. The van der Waals surface area contributed by atoms with Crippen molar-refractivity contribution in [1.29, 1.82) is 0 Å². The quantitative estimate of drug-likeness (QED) is 0.913. The minimum atomic E-state index is -0.940. The summed E-state index contributed by atoms with van der Waals surface area (Å²) in [6, 6.07) is 4.41. The van der Waals surface area contributed by atoms with E-state index in [4.69, 9.17) is 9.84 Å². The Balaban J connectivity index is 2.38. The summed E-state index contributed by atoms with van der Waals surface area (Å²) in [5.41, 5.74) is 1.24. The normalized spacial score (nSPS) is 23.3. The Kier molecular flexibility index (Phi) is 3.63. The number of ether oxygens (including phenoxy) is 1. The van der Waals surface area contributed by atoms with E-state index in [0.717, 1.165) is 12.0 Å². The maximum Gasteiger partial charge on any atom is 0.310 e. The third-order valence-electron chi connectivity index (χ3n) is 3.74. The molecule has 0 aliphatic carbocycles. The Bertz CT molecular complexity index is 496. The van der Waals surface area contributed by atoms with Crippen LogP contribution < -0.4 is 0 Å². The van der Waals surface area contributed by atoms with Crippen LogP contribution in [-0.2, 0) is 9.53 Å². The molecule has 19 heavy (non-hydrogen) atoms. The molecule has 1 aromatic rings. The first-order chi connectivity index (χ1) is 8.80. The molecule has 0 bridgehead atoms. The van der Waals surface area contributed by atoms with Gasteiger partial charge in [0.15, 0.2) is 0 Å². The van der Waals surface area contributed by atoms with Gasteiger partial charge in [-0.3, -0.25) is 4.79 Å². The van der Waals surface area contributed by atoms with Crippen molar-refractivity contribution in [3.63, 3.8) is 0 Å². The topological polar surface area (TPSA) is 46.5 Å². The van der Waals surface area contributed by atoms with Crippen molar-refractivity contribution in [3.05, 3.63) is 35.1 Å². The first-order valence-corrected chi connectivity index (χ1v) is 6.46. The lowest BCUT2D eigenvalue weighted by Crippen LogP contribution is -2.17. The fraction of sp³-hybridized carbons (Fsp3) is 0.533. The van der Waals surface area contributed by atoms with Crippen molar-refractivity contribution in [2.45, 2.75) is 44.6 Å². The molecule has 1 N–H and O–H groups in total. The monoisotopic (exact) mass is 266 g/mol. The number of hydrogen-bond donors (Lipinski definition) is 1. The fourth-order valence-electron chi connectivity index (χ4n) is 2.66. The van der Waals surface area contributed by atoms with Crippen molar-refractivity contribution >= 4 is 5.97 Å². The Morgan fingerprint density at radius 1 is 1.53 bits per heavy atom. The maximum absolute atomic E-state index is 13.4. The summed E-state index contributed by atoms with van der Waals surface area (Å²) in [5, 5.41) is 9.14. The number of hydrogen-bond acceptors (Lipinski definition) is 2. The van der Waals surface area contributed by atoms with Crippen molar-refractivity contribution in [2.75, 3.05) is 6.61 Å². The summed E-state index contributed by atoms with van der Waals surface area (Å²) in [6.07, 6.45) is 0.817. The first-order valence-electron chi connectivity index (χ1n) is 6.46. The SMILES string of the molecule is CC(C(=O)O)c1cc(F)ccc1C1COC(C)(C)C1. The molecule has 104 valence electrons. The van der Waals surface area contributed by atoms with Crippen LogP contribution in [0.25, 0.3) is 0 Å². The molecule has 1 heterocycles. The largest absolute Gasteiger partial charge is 0.481 e. The molecule has 1 aliphatic rings. The third-order valence-corrected chi connectivity index (χ3v) is 3.74. The standard InChI is InChI=1S/C15H19FO3/c1-9(14(17)18)13-6-11(16)4-5-12(13)10-7-15(2,3)19-8-10/h4-6,9-10H,7-8H2,1-3H3,(H,17,18). The lowest BCUT2D eigenvalue weighted by Gasteiger charge is -2.19. The highest BCUT2D eigenvalue weighted by Crippen LogP contribution is 2.39. The van der Waals surface area contributed by atoms with E-state index in [-0.39, 0.29) is 11.5 Å². The zero-order chi connectivity index (χ0) is 14.2. The second-order valence-corrected chi connectivity index (χ2v) is 5.80. The summed E-state index contributed by atoms with van der Waals surface area (Å²) < 4.78 is 19.1. The van der Waals surface area contributed by atoms with E-state index < -0.39 is 17.7 Å². The molecular weight excluding hydrogens is 247 g/mol. The maximum atomic E-state index is 13.4. The minimum absolute atomic E-state index is 0.132. The summed E-state index contributed by atoms with van der Waals surface area (Å²) >= 11 is 0. The average molecular weight is 266 g/mol. The lowest BCUT2D eigenvalue weighted by atomic mass is 9.85. The predicted molar refractivity (Wildman–Crippen MR) is 69.8 cm³/mol. The molecule has 3 nitrogen and oxygen atoms in total. The van der Waals surface area contributed by atoms with Gasteiger partial charge in [0.05, 0.1) is 18.1 Å². The summed E-state index contributed by atoms with van der Waals surface area (Å²) in [7, 11) is 0. The van der Waals surface area contributed by atoms with Gasteiger partial charge in [-0.1, -0.05) is 6.07 Å². The highest BCUT2D eigenvalue weighted by atomic mass is 19.1. The van der Waals surface area contributed by atoms with E-state index in [9.17, 15) is 9.18 Å². The van der Waals surface area contributed by atoms with Crippen molar-refractivity contribution < 1.29 is 19.0 Å². The molecular formula is C15H19FO3. The summed E-state index contributed by atoms with van der Waals surface area (Å²) in [4.78, 5) is 11.2. The predicted octanol–water partition coefficient (Wildman–Crippen LogP) is 3.30. The van der Waals surface area contributed by atoms with Crippen LogP contribution in [0.3, 0.4) is 0 Å². The van der Waals surface area contributed by atoms with Gasteiger partial charge in [0, 0.05) is 5.92 Å². The van der Waals surface area contributed by atoms with Gasteiger partial charge in [-0.25, -0.2) is 4.39 Å². The third kappa shape index (κ3) is 2.95. The molecule has 0 radical (unpaired) electrons. The van der Waals surface area contributed by atoms with Gasteiger partial charge in [-0.05, 0) is 50.5 Å². The fourth-order valence-corrected chi connectivity index (χ4v) is 2.66. The van der Waals surface area contributed by atoms with Gasteiger partial charge in [0.1, 0.15) is 5.82 Å². The number of benzene rings is 1. The minimum Gasteiger partial charge on any atom is -0.481 e. The van der Waals surface area contributed by atoms with E-state index in [1.807, 2.05) is 13.8 Å². The van der Waals surface area contributed by atoms with E-state index in [2.05, 4.69) is 0 Å². The van der Waals surface area contributed by atoms with Crippen LogP contribution in [0, 0.1) is 5.82 Å². The molecule has 4 heteroatoms. The molecule has 2 unspecified atom stereocenters. The molecule has 0 amide bonds. The molecule has 1 aromatic carbocycles. The summed E-state index contributed by atoms with van der Waals surface area (Å²) in [6.45, 7) is 6.16. The van der Waals surface area contributed by atoms with Gasteiger partial charge in [-0.15, -0.1) is 0 Å². The number of rotatable bonds is 3. The molecule has 0 aromatic heterocycles. The van der Waals surface area contributed by atoms with E-state index in [0.29, 0.717) is 12.2 Å². The molecule has 2 rings (SSSR count). The molecule has 0 saturated carbocycles. The molecule has 0 spiro atoms. The van der Waals surface area contributed by atoms with Crippen LogP contribution in [-0.4, -0.2) is 23.3 Å². The van der Waals surface area contributed by atoms with Crippen LogP contribution in [0.5, 0.6) is 0 Å². The van der Waals surface area contributed by atoms with Crippen LogP contribution in [0.2, 0.25) is 0 Å². The van der Waals surface area contributed by atoms with Crippen LogP contribution in [0.15, 0.2) is 18.2 Å². The van der Waals surface area contributed by atoms with E-state index in [1.54, 1.807) is 13.0 Å². The van der Waals surface area contributed by atoms with E-state index in [1.165, 1.54) is 12.1 Å². The van der Waals surface area contributed by atoms with Crippen LogP contribution in [0.1, 0.15) is 50.2 Å². The van der Waals surface area contributed by atoms with Crippen LogP contribution in [0.4, 0.5) is 4.39 Å². The zero-order valence-electron chi connectivity index (χ0n) is 11.4. The van der Waals surface area contributed by atoms with E-state index >= 15 is 0 Å². The molecule has 1 saturated heterocycles. The molecule has 1 aliphatic heterocycles. The Hall–Kier alpha value is -1.42. The first kappa shape index (κ1) is 14.0. The zero-order valence-corrected chi connectivity index (χ0v) is 11.4. The van der Waals surface area contributed by atoms with Crippen molar-refractivity contribution in [1.82, 2.24) is 0 Å². The number of halogens is 1. The second kappa shape index (κ2) is 4.93. The highest BCUT2D eigenvalue weighted by molar-refractivity contribution is 5.76. The van der Waals surface area contributed by atoms with Gasteiger partial charge >= 0.3 is 5.97 Å². The lowest BCUT2D eigenvalue weighted by molar-refractivity contribution is -0.138. The van der Waals surface area contributed by atoms with Gasteiger partial charge < -0.3 is 9.84 Å². The second-order valence-electron chi connectivity index (χ2n) is 5.80. The number of carboxylic acid groups (broad SMARTS) is 1. The Labute approximate surface area is 112 Å².